The maximum absolute atomic E-state index is 8.62. The lowest BCUT2D eigenvalue weighted by Crippen LogP contribution is -2.33. The molecule has 0 spiro atoms. The van der Waals surface area contributed by atoms with Crippen molar-refractivity contribution in [1.29, 1.82) is 0 Å². The van der Waals surface area contributed by atoms with Crippen LogP contribution in [0.3, 0.4) is 0 Å². The van der Waals surface area contributed by atoms with E-state index in [2.05, 4.69) is 4.74 Å². The normalized spacial score (nSPS) is 22.7. The van der Waals surface area contributed by atoms with Crippen molar-refractivity contribution in [2.45, 2.75) is 5.97 Å². The summed E-state index contributed by atoms with van der Waals surface area (Å²) in [6.45, 7) is 0. The highest BCUT2D eigenvalue weighted by Crippen LogP contribution is 2.16. The van der Waals surface area contributed by atoms with Crippen LogP contribution in [0, 0.1) is 0 Å². The summed E-state index contributed by atoms with van der Waals surface area (Å²) in [4.78, 5) is 0. The molecular weight excluding hydrogens is 124 g/mol. The van der Waals surface area contributed by atoms with Gasteiger partial charge in [0.2, 0.25) is 0 Å². The molecule has 4 nitrogen and oxygen atoms in total. The summed E-state index contributed by atoms with van der Waals surface area (Å²) in [5.74, 6) is -3.15. The molecule has 0 fully saturated rings. The quantitative estimate of drug-likeness (QED) is 0.390. The van der Waals surface area contributed by atoms with Gasteiger partial charge in [0.15, 0.2) is 5.76 Å². The van der Waals surface area contributed by atoms with Crippen LogP contribution in [-0.2, 0) is 4.74 Å². The van der Waals surface area contributed by atoms with Crippen molar-refractivity contribution in [3.05, 3.63) is 24.2 Å². The molecule has 0 saturated heterocycles. The average molecular weight is 130 g/mol. The number of hydrogen-bond acceptors (Lipinski definition) is 4. The second-order valence-electron chi connectivity index (χ2n) is 1.61. The molecule has 0 aromatic heterocycles. The van der Waals surface area contributed by atoms with Gasteiger partial charge in [-0.15, -0.1) is 0 Å². The lowest BCUT2D eigenvalue weighted by Gasteiger charge is -2.20. The summed E-state index contributed by atoms with van der Waals surface area (Å²) >= 11 is 0. The summed E-state index contributed by atoms with van der Waals surface area (Å²) in [7, 11) is 0. The molecule has 0 aromatic rings. The fourth-order valence-corrected chi connectivity index (χ4v) is 0.434. The molecule has 4 heteroatoms. The Hall–Kier alpha value is -1.00. The van der Waals surface area contributed by atoms with E-state index in [1.165, 1.54) is 6.08 Å². The van der Waals surface area contributed by atoms with Gasteiger partial charge in [-0.1, -0.05) is 0 Å². The molecule has 0 aromatic carbocycles. The molecule has 0 unspecified atom stereocenters. The molecule has 0 saturated carbocycles. The van der Waals surface area contributed by atoms with Crippen LogP contribution in [0.2, 0.25) is 0 Å². The summed E-state index contributed by atoms with van der Waals surface area (Å²) in [6, 6.07) is 0. The van der Waals surface area contributed by atoms with Crippen LogP contribution in [0.15, 0.2) is 24.2 Å². The topological polar surface area (TPSA) is 69.9 Å². The number of aliphatic hydroxyl groups excluding tert-OH is 1. The minimum atomic E-state index is -2.53. The lowest BCUT2D eigenvalue weighted by atomic mass is 10.3. The van der Waals surface area contributed by atoms with Crippen molar-refractivity contribution < 1.29 is 20.1 Å². The van der Waals surface area contributed by atoms with E-state index in [-0.39, 0.29) is 0 Å². The fourth-order valence-electron chi connectivity index (χ4n) is 0.434. The van der Waals surface area contributed by atoms with E-state index >= 15 is 0 Å². The van der Waals surface area contributed by atoms with Gasteiger partial charge in [0.1, 0.15) is 0 Å². The van der Waals surface area contributed by atoms with E-state index in [0.29, 0.717) is 0 Å². The van der Waals surface area contributed by atoms with Gasteiger partial charge in [0.25, 0.3) is 0 Å². The molecule has 0 amide bonds. The predicted molar refractivity (Wildman–Crippen MR) is 28.1 cm³/mol. The van der Waals surface area contributed by atoms with E-state index in [9.17, 15) is 0 Å². The van der Waals surface area contributed by atoms with Crippen LogP contribution < -0.4 is 0 Å². The Kier molecular flexibility index (Phi) is 1.19. The number of allylic oxidation sites excluding steroid dienone is 2. The Bertz CT molecular complexity index is 168. The summed E-state index contributed by atoms with van der Waals surface area (Å²) in [6.07, 6.45) is 3.54. The van der Waals surface area contributed by atoms with Crippen molar-refractivity contribution in [2.24, 2.45) is 0 Å². The fraction of sp³-hybridized carbons (Fsp3) is 0.200. The summed E-state index contributed by atoms with van der Waals surface area (Å²) in [5, 5.41) is 25.8. The van der Waals surface area contributed by atoms with Gasteiger partial charge in [-0.25, -0.2) is 0 Å². The van der Waals surface area contributed by atoms with Gasteiger partial charge in [-0.05, 0) is 12.2 Å². The number of hydrogen-bond donors (Lipinski definition) is 3. The third-order valence-corrected chi connectivity index (χ3v) is 0.899. The molecule has 0 bridgehead atoms. The van der Waals surface area contributed by atoms with Crippen molar-refractivity contribution >= 4 is 0 Å². The SMILES string of the molecule is OC1=CC=COC1(O)O. The highest BCUT2D eigenvalue weighted by atomic mass is 16.8. The van der Waals surface area contributed by atoms with Gasteiger partial charge < -0.3 is 20.1 Å². The molecule has 9 heavy (non-hydrogen) atoms. The van der Waals surface area contributed by atoms with Crippen LogP contribution in [0.25, 0.3) is 0 Å². The molecular formula is C5H6O4. The van der Waals surface area contributed by atoms with Crippen LogP contribution >= 0.6 is 0 Å². The van der Waals surface area contributed by atoms with Gasteiger partial charge in [0, 0.05) is 0 Å². The lowest BCUT2D eigenvalue weighted by molar-refractivity contribution is -0.302. The van der Waals surface area contributed by atoms with Crippen LogP contribution in [0.1, 0.15) is 0 Å². The van der Waals surface area contributed by atoms with E-state index in [1.54, 1.807) is 0 Å². The second-order valence-corrected chi connectivity index (χ2v) is 1.61. The number of ether oxygens (including phenoxy) is 1. The number of rotatable bonds is 0. The Morgan fingerprint density at radius 2 is 2.11 bits per heavy atom. The largest absolute Gasteiger partial charge is 0.504 e. The minimum absolute atomic E-state index is 0.620. The molecule has 1 rings (SSSR count). The van der Waals surface area contributed by atoms with Crippen molar-refractivity contribution in [2.75, 3.05) is 0 Å². The Morgan fingerprint density at radius 3 is 2.44 bits per heavy atom. The van der Waals surface area contributed by atoms with Crippen LogP contribution in [0.5, 0.6) is 0 Å². The first-order chi connectivity index (χ1) is 4.13. The average Bonchev–Trinajstić information content (AvgIpc) is 1.77. The van der Waals surface area contributed by atoms with E-state index in [1.807, 2.05) is 0 Å². The van der Waals surface area contributed by atoms with Crippen molar-refractivity contribution in [3.8, 4) is 0 Å². The van der Waals surface area contributed by atoms with Crippen molar-refractivity contribution in [1.82, 2.24) is 0 Å². The maximum atomic E-state index is 8.62. The number of aliphatic hydroxyl groups is 3. The third-order valence-electron chi connectivity index (χ3n) is 0.899. The Morgan fingerprint density at radius 1 is 1.44 bits per heavy atom. The first-order valence-electron chi connectivity index (χ1n) is 2.32. The smallest absolute Gasteiger partial charge is 0.384 e. The molecule has 1 aliphatic heterocycles. The van der Waals surface area contributed by atoms with E-state index in [0.717, 1.165) is 12.3 Å². The highest BCUT2D eigenvalue weighted by Gasteiger charge is 2.31. The standard InChI is InChI=1S/C5H6O4/c6-4-2-1-3-9-5(4,7)8/h1-3,6-8H. The van der Waals surface area contributed by atoms with Gasteiger partial charge >= 0.3 is 5.97 Å². The zero-order valence-electron chi connectivity index (χ0n) is 4.48. The zero-order chi connectivity index (χ0) is 6.91. The van der Waals surface area contributed by atoms with Crippen molar-refractivity contribution in [3.63, 3.8) is 0 Å². The summed E-state index contributed by atoms with van der Waals surface area (Å²) in [5.41, 5.74) is 0. The Balaban J connectivity index is 2.83. The van der Waals surface area contributed by atoms with Crippen LogP contribution in [0.4, 0.5) is 0 Å². The van der Waals surface area contributed by atoms with Crippen LogP contribution in [-0.4, -0.2) is 21.3 Å². The Labute approximate surface area is 51.3 Å². The molecule has 1 aliphatic rings. The summed E-state index contributed by atoms with van der Waals surface area (Å²) < 4.78 is 4.19. The monoisotopic (exact) mass is 130 g/mol. The molecule has 3 N–H and O–H groups in total. The zero-order valence-corrected chi connectivity index (χ0v) is 4.48. The predicted octanol–water partition coefficient (Wildman–Crippen LogP) is -0.389. The second kappa shape index (κ2) is 1.75. The minimum Gasteiger partial charge on any atom is -0.504 e. The molecule has 0 aliphatic carbocycles. The maximum Gasteiger partial charge on any atom is 0.384 e. The molecule has 1 heterocycles. The van der Waals surface area contributed by atoms with Gasteiger partial charge in [-0.3, -0.25) is 0 Å². The molecule has 0 radical (unpaired) electrons. The third kappa shape index (κ3) is 1.04. The van der Waals surface area contributed by atoms with E-state index < -0.39 is 11.7 Å². The first kappa shape index (κ1) is 6.12. The molecule has 50 valence electrons. The highest BCUT2D eigenvalue weighted by molar-refractivity contribution is 5.12. The van der Waals surface area contributed by atoms with Gasteiger partial charge in [-0.2, -0.15) is 0 Å². The van der Waals surface area contributed by atoms with Gasteiger partial charge in [0.05, 0.1) is 6.26 Å². The van der Waals surface area contributed by atoms with E-state index in [4.69, 9.17) is 15.3 Å². The molecule has 0 atom stereocenters. The first-order valence-corrected chi connectivity index (χ1v) is 2.32.